The Morgan fingerprint density at radius 3 is 3.00 bits per heavy atom. The van der Waals surface area contributed by atoms with Gasteiger partial charge in [0.15, 0.2) is 0 Å². The van der Waals surface area contributed by atoms with Crippen LogP contribution in [0.5, 0.6) is 0 Å². The van der Waals surface area contributed by atoms with Crippen molar-refractivity contribution in [3.63, 3.8) is 0 Å². The Morgan fingerprint density at radius 1 is 1.45 bits per heavy atom. The van der Waals surface area contributed by atoms with Crippen LogP contribution in [0.15, 0.2) is 23.0 Å². The Balaban J connectivity index is 1.61. The second-order valence-corrected chi connectivity index (χ2v) is 9.64. The third kappa shape index (κ3) is 3.64. The minimum Gasteiger partial charge on any atom is -0.333 e. The topological polar surface area (TPSA) is 86.4 Å². The molecule has 1 aromatic carbocycles. The monoisotopic (exact) mass is 434 g/mol. The van der Waals surface area contributed by atoms with E-state index in [1.54, 1.807) is 39.8 Å². The molecule has 9 heteroatoms. The van der Waals surface area contributed by atoms with E-state index < -0.39 is 6.04 Å². The van der Waals surface area contributed by atoms with Gasteiger partial charge < -0.3 is 14.8 Å². The number of aromatic nitrogens is 2. The fourth-order valence-electron chi connectivity index (χ4n) is 4.17. The molecular weight excluding hydrogens is 412 g/mol. The van der Waals surface area contributed by atoms with Gasteiger partial charge in [-0.3, -0.25) is 14.4 Å². The number of nitrogens with one attached hydrogen (secondary N) is 1. The van der Waals surface area contributed by atoms with E-state index in [0.29, 0.717) is 40.5 Å². The molecule has 2 amide bonds. The lowest BCUT2D eigenvalue weighted by Gasteiger charge is -2.33. The summed E-state index contributed by atoms with van der Waals surface area (Å²) < 4.78 is 0. The molecule has 0 radical (unpaired) electrons. The average Bonchev–Trinajstić information content (AvgIpc) is 3.16. The lowest BCUT2D eigenvalue weighted by Crippen LogP contribution is -2.51. The van der Waals surface area contributed by atoms with Crippen LogP contribution in [0, 0.1) is 0 Å². The zero-order valence-corrected chi connectivity index (χ0v) is 18.0. The standard InChI is InChI=1S/C20H23ClN4O3S/c1-3-8-24(19(28)15-11-29-20(2)7-6-17(26)25(15)20)10-16-22-14-9-12(21)4-5-13(14)18(27)23-16/h4-5,9,15H,3,6-8,10-11H2,1-2H3,(H,22,23,27). The Hall–Kier alpha value is -2.06. The molecule has 0 spiro atoms. The Morgan fingerprint density at radius 2 is 2.24 bits per heavy atom. The minimum absolute atomic E-state index is 0.0409. The van der Waals surface area contributed by atoms with Gasteiger partial charge in [0.2, 0.25) is 11.8 Å². The highest BCUT2D eigenvalue weighted by atomic mass is 35.5. The first-order valence-electron chi connectivity index (χ1n) is 9.76. The van der Waals surface area contributed by atoms with Crippen molar-refractivity contribution in [2.75, 3.05) is 12.3 Å². The van der Waals surface area contributed by atoms with Gasteiger partial charge in [0.25, 0.3) is 5.56 Å². The van der Waals surface area contributed by atoms with Crippen molar-refractivity contribution in [3.05, 3.63) is 39.4 Å². The van der Waals surface area contributed by atoms with Gasteiger partial charge in [-0.1, -0.05) is 18.5 Å². The number of H-pyrrole nitrogens is 1. The second-order valence-electron chi connectivity index (χ2n) is 7.70. The summed E-state index contributed by atoms with van der Waals surface area (Å²) in [5.74, 6) is 0.956. The summed E-state index contributed by atoms with van der Waals surface area (Å²) in [5.41, 5.74) is 0.239. The maximum atomic E-state index is 13.4. The van der Waals surface area contributed by atoms with E-state index in [9.17, 15) is 14.4 Å². The molecule has 2 saturated heterocycles. The second kappa shape index (κ2) is 7.65. The van der Waals surface area contributed by atoms with E-state index in [0.717, 1.165) is 12.8 Å². The van der Waals surface area contributed by atoms with E-state index in [4.69, 9.17) is 11.6 Å². The first-order valence-corrected chi connectivity index (χ1v) is 11.1. The van der Waals surface area contributed by atoms with Crippen LogP contribution < -0.4 is 5.56 Å². The minimum atomic E-state index is -0.465. The van der Waals surface area contributed by atoms with E-state index in [2.05, 4.69) is 9.97 Å². The number of rotatable bonds is 5. The number of fused-ring (bicyclic) bond motifs is 2. The summed E-state index contributed by atoms with van der Waals surface area (Å²) in [5, 5.41) is 0.954. The van der Waals surface area contributed by atoms with Crippen LogP contribution >= 0.6 is 23.4 Å². The molecule has 4 rings (SSSR count). The molecule has 0 aliphatic carbocycles. The van der Waals surface area contributed by atoms with Gasteiger partial charge >= 0.3 is 0 Å². The van der Waals surface area contributed by atoms with E-state index in [1.165, 1.54) is 0 Å². The van der Waals surface area contributed by atoms with Crippen LogP contribution in [0.25, 0.3) is 10.9 Å². The van der Waals surface area contributed by atoms with Crippen LogP contribution in [0.4, 0.5) is 0 Å². The van der Waals surface area contributed by atoms with Gasteiger partial charge in [0.1, 0.15) is 11.9 Å². The van der Waals surface area contributed by atoms with Crippen molar-refractivity contribution in [1.82, 2.24) is 19.8 Å². The molecular formula is C20H23ClN4O3S. The molecule has 2 aliphatic heterocycles. The number of aromatic amines is 1. The highest BCUT2D eigenvalue weighted by Crippen LogP contribution is 2.47. The molecule has 1 N–H and O–H groups in total. The number of amides is 2. The SMILES string of the molecule is CCCN(Cc1nc2cc(Cl)ccc2c(=O)[nH]1)C(=O)C1CSC2(C)CCC(=O)N12. The number of carbonyl (C=O) groups excluding carboxylic acids is 2. The molecule has 2 unspecified atom stereocenters. The Kier molecular flexibility index (Phi) is 5.33. The zero-order valence-electron chi connectivity index (χ0n) is 16.4. The number of thioether (sulfide) groups is 1. The quantitative estimate of drug-likeness (QED) is 0.781. The maximum Gasteiger partial charge on any atom is 0.258 e. The molecule has 29 heavy (non-hydrogen) atoms. The molecule has 0 bridgehead atoms. The normalized spacial score (nSPS) is 23.6. The number of carbonyl (C=O) groups is 2. The van der Waals surface area contributed by atoms with Crippen molar-refractivity contribution < 1.29 is 9.59 Å². The molecule has 2 fully saturated rings. The average molecular weight is 435 g/mol. The number of halogens is 1. The van der Waals surface area contributed by atoms with Crippen LogP contribution in [0.2, 0.25) is 5.02 Å². The van der Waals surface area contributed by atoms with Crippen LogP contribution in [0.3, 0.4) is 0 Å². The lowest BCUT2D eigenvalue weighted by atomic mass is 10.2. The lowest BCUT2D eigenvalue weighted by molar-refractivity contribution is -0.144. The number of hydrogen-bond donors (Lipinski definition) is 1. The summed E-state index contributed by atoms with van der Waals surface area (Å²) in [4.78, 5) is 48.6. The van der Waals surface area contributed by atoms with Crippen molar-refractivity contribution in [3.8, 4) is 0 Å². The predicted octanol–water partition coefficient (Wildman–Crippen LogP) is 2.77. The molecule has 7 nitrogen and oxygen atoms in total. The molecule has 154 valence electrons. The number of nitrogens with zero attached hydrogens (tertiary/aromatic N) is 3. The van der Waals surface area contributed by atoms with E-state index in [-0.39, 0.29) is 28.8 Å². The number of benzene rings is 1. The Bertz CT molecular complexity index is 1040. The fourth-order valence-corrected chi connectivity index (χ4v) is 5.76. The molecule has 2 atom stereocenters. The first-order chi connectivity index (χ1) is 13.8. The largest absolute Gasteiger partial charge is 0.333 e. The van der Waals surface area contributed by atoms with Crippen LogP contribution in [0.1, 0.15) is 38.9 Å². The summed E-state index contributed by atoms with van der Waals surface area (Å²) in [7, 11) is 0. The van der Waals surface area contributed by atoms with Crippen molar-refractivity contribution >= 4 is 46.1 Å². The zero-order chi connectivity index (χ0) is 20.8. The summed E-state index contributed by atoms with van der Waals surface area (Å²) in [6.45, 7) is 4.73. The molecule has 2 aliphatic rings. The van der Waals surface area contributed by atoms with Gasteiger partial charge in [-0.25, -0.2) is 4.98 Å². The smallest absolute Gasteiger partial charge is 0.258 e. The number of hydrogen-bond acceptors (Lipinski definition) is 5. The fraction of sp³-hybridized carbons (Fsp3) is 0.500. The van der Waals surface area contributed by atoms with Gasteiger partial charge in [-0.2, -0.15) is 0 Å². The summed E-state index contributed by atoms with van der Waals surface area (Å²) in [6, 6.07) is 4.46. The van der Waals surface area contributed by atoms with Gasteiger partial charge in [-0.05, 0) is 38.0 Å². The van der Waals surface area contributed by atoms with E-state index >= 15 is 0 Å². The highest BCUT2D eigenvalue weighted by Gasteiger charge is 2.53. The summed E-state index contributed by atoms with van der Waals surface area (Å²) >= 11 is 7.71. The van der Waals surface area contributed by atoms with Gasteiger partial charge in [0, 0.05) is 23.7 Å². The third-order valence-corrected chi connectivity index (χ3v) is 7.33. The molecule has 3 heterocycles. The van der Waals surface area contributed by atoms with Crippen LogP contribution in [-0.4, -0.2) is 54.8 Å². The molecule has 0 saturated carbocycles. The van der Waals surface area contributed by atoms with Crippen molar-refractivity contribution in [2.24, 2.45) is 0 Å². The Labute approximate surface area is 177 Å². The highest BCUT2D eigenvalue weighted by molar-refractivity contribution is 8.01. The van der Waals surface area contributed by atoms with E-state index in [1.807, 2.05) is 13.8 Å². The van der Waals surface area contributed by atoms with Crippen molar-refractivity contribution in [1.29, 1.82) is 0 Å². The van der Waals surface area contributed by atoms with Crippen LogP contribution in [-0.2, 0) is 16.1 Å². The molecule has 2 aromatic rings. The molecule has 1 aromatic heterocycles. The maximum absolute atomic E-state index is 13.4. The van der Waals surface area contributed by atoms with Gasteiger partial charge in [-0.15, -0.1) is 11.8 Å². The van der Waals surface area contributed by atoms with Crippen molar-refractivity contribution in [2.45, 2.75) is 50.6 Å². The summed E-state index contributed by atoms with van der Waals surface area (Å²) in [6.07, 6.45) is 2.02. The predicted molar refractivity (Wildman–Crippen MR) is 114 cm³/mol. The first kappa shape index (κ1) is 20.2. The third-order valence-electron chi connectivity index (χ3n) is 5.59. The van der Waals surface area contributed by atoms with Gasteiger partial charge in [0.05, 0.1) is 22.3 Å².